The van der Waals surface area contributed by atoms with Crippen molar-refractivity contribution in [2.45, 2.75) is 123 Å². The van der Waals surface area contributed by atoms with E-state index in [1.54, 1.807) is 0 Å². The summed E-state index contributed by atoms with van der Waals surface area (Å²) in [6, 6.07) is 0. The molecule has 4 aliphatic heterocycles. The van der Waals surface area contributed by atoms with E-state index in [0.717, 1.165) is 0 Å². The molecule has 4 rings (SSSR count). The van der Waals surface area contributed by atoms with Crippen LogP contribution in [0.2, 0.25) is 0 Å². The van der Waals surface area contributed by atoms with Crippen LogP contribution in [-0.4, -0.2) is 221 Å². The summed E-state index contributed by atoms with van der Waals surface area (Å²) < 4.78 is 37.5. The van der Waals surface area contributed by atoms with Crippen LogP contribution in [0.1, 0.15) is 0 Å². The van der Waals surface area contributed by atoms with Crippen LogP contribution in [-0.2, 0) is 33.2 Å². The Morgan fingerprint density at radius 3 is 1.31 bits per heavy atom. The van der Waals surface area contributed by atoms with Crippen molar-refractivity contribution >= 4 is 0 Å². The third kappa shape index (κ3) is 7.59. The summed E-state index contributed by atoms with van der Waals surface area (Å²) in [6.45, 7) is -3.14. The first-order valence-electron chi connectivity index (χ1n) is 14.1. The first-order valence-corrected chi connectivity index (χ1v) is 14.1. The van der Waals surface area contributed by atoms with Crippen molar-refractivity contribution < 1.29 is 105 Å². The van der Waals surface area contributed by atoms with E-state index in [1.807, 2.05) is 0 Å². The molecule has 1 unspecified atom stereocenters. The van der Waals surface area contributed by atoms with Crippen LogP contribution in [0, 0.1) is 0 Å². The second-order valence-electron chi connectivity index (χ2n) is 11.2. The van der Waals surface area contributed by atoms with Crippen LogP contribution in [0.25, 0.3) is 0 Å². The Kier molecular flexibility index (Phi) is 12.8. The molecule has 0 bridgehead atoms. The van der Waals surface area contributed by atoms with Crippen LogP contribution >= 0.6 is 0 Å². The zero-order valence-corrected chi connectivity index (χ0v) is 23.5. The van der Waals surface area contributed by atoms with Gasteiger partial charge < -0.3 is 105 Å². The molecule has 14 N–H and O–H groups in total. The van der Waals surface area contributed by atoms with Gasteiger partial charge in [-0.3, -0.25) is 0 Å². The van der Waals surface area contributed by atoms with Crippen molar-refractivity contribution in [1.29, 1.82) is 0 Å². The lowest BCUT2D eigenvalue weighted by Gasteiger charge is -2.48. The Morgan fingerprint density at radius 1 is 0.378 bits per heavy atom. The maximum absolute atomic E-state index is 10.9. The van der Waals surface area contributed by atoms with Gasteiger partial charge in [0.05, 0.1) is 26.4 Å². The molecule has 0 amide bonds. The average molecular weight is 667 g/mol. The molecule has 20 atom stereocenters. The second-order valence-corrected chi connectivity index (χ2v) is 11.2. The maximum Gasteiger partial charge on any atom is 0.187 e. The first kappa shape index (κ1) is 37.0. The van der Waals surface area contributed by atoms with Crippen LogP contribution in [0.4, 0.5) is 0 Å². The van der Waals surface area contributed by atoms with Gasteiger partial charge in [-0.05, 0) is 0 Å². The molecule has 0 radical (unpaired) electrons. The Bertz CT molecular complexity index is 912. The molecule has 0 aromatic rings. The molecule has 4 heterocycles. The fourth-order valence-electron chi connectivity index (χ4n) is 5.44. The fraction of sp³-hybridized carbons (Fsp3) is 1.00. The Labute approximate surface area is 254 Å². The van der Waals surface area contributed by atoms with E-state index >= 15 is 0 Å². The predicted molar refractivity (Wildman–Crippen MR) is 134 cm³/mol. The minimum atomic E-state index is -2.00. The van der Waals surface area contributed by atoms with E-state index in [0.29, 0.717) is 0 Å². The van der Waals surface area contributed by atoms with Crippen LogP contribution in [0.5, 0.6) is 0 Å². The summed E-state index contributed by atoms with van der Waals surface area (Å²) in [4.78, 5) is 0. The van der Waals surface area contributed by atoms with E-state index in [9.17, 15) is 71.5 Å². The molecule has 4 saturated heterocycles. The number of hydrogen-bond acceptors (Lipinski definition) is 21. The lowest BCUT2D eigenvalue weighted by Crippen LogP contribution is -2.66. The summed E-state index contributed by atoms with van der Waals surface area (Å²) in [5.74, 6) is 0. The molecule has 45 heavy (non-hydrogen) atoms. The number of aliphatic hydroxyl groups excluding tert-OH is 14. The van der Waals surface area contributed by atoms with E-state index in [4.69, 9.17) is 33.2 Å². The highest BCUT2D eigenvalue weighted by atomic mass is 16.8. The number of aliphatic hydroxyl groups is 14. The van der Waals surface area contributed by atoms with Crippen molar-refractivity contribution in [2.24, 2.45) is 0 Å². The van der Waals surface area contributed by atoms with Gasteiger partial charge in [0, 0.05) is 0 Å². The highest BCUT2D eigenvalue weighted by Crippen LogP contribution is 2.32. The van der Waals surface area contributed by atoms with E-state index < -0.39 is 149 Å². The molecular formula is C24H42O21. The van der Waals surface area contributed by atoms with Gasteiger partial charge in [-0.1, -0.05) is 0 Å². The lowest BCUT2D eigenvalue weighted by atomic mass is 9.96. The molecule has 0 aromatic heterocycles. The monoisotopic (exact) mass is 666 g/mol. The Hall–Kier alpha value is -0.840. The van der Waals surface area contributed by atoms with E-state index in [-0.39, 0.29) is 0 Å². The van der Waals surface area contributed by atoms with Crippen LogP contribution in [0.15, 0.2) is 0 Å². The van der Waals surface area contributed by atoms with Gasteiger partial charge in [0.25, 0.3) is 0 Å². The topological polar surface area (TPSA) is 348 Å². The van der Waals surface area contributed by atoms with Crippen molar-refractivity contribution in [3.05, 3.63) is 0 Å². The number of hydrogen-bond donors (Lipinski definition) is 14. The van der Waals surface area contributed by atoms with Gasteiger partial charge >= 0.3 is 0 Å². The quantitative estimate of drug-likeness (QED) is 0.103. The summed E-state index contributed by atoms with van der Waals surface area (Å²) in [6.07, 6.45) is -35.0. The molecule has 0 saturated carbocycles. The first-order chi connectivity index (χ1) is 21.2. The second kappa shape index (κ2) is 15.6. The molecule has 0 spiro atoms. The standard InChI is InChI=1S/C24H42O21/c25-1-5-9(28)11(30)16(35)22(41-5)39-4-8-10(29)12(31)17(36)23(43-8)45-20-7(3-27)42-24(18(37)14(20)33)44-19-6(2-26)40-21(38)15(34)13(19)32/h5-38H,1-4H2/t5-,6-,7-,8-,9-,10-,11+,12+,13-,14-,15-,16-,17-,18+,19-,20-,21?,22+,23-,24-/m1/s1. The smallest absolute Gasteiger partial charge is 0.187 e. The normalized spacial score (nSPS) is 52.9. The summed E-state index contributed by atoms with van der Waals surface area (Å²) in [5.41, 5.74) is 0. The SMILES string of the molecule is OC[C@H]1O[C@H](OC[C@H]2O[C@H](O[C@H]3[C@H](O)[C@H](O)[C@@H](O[C@H]4[C@H](O)[C@@H](O)C(O)O[C@@H]4CO)O[C@@H]3CO)[C@H](O)[C@@H](O)[C@@H]2O)[C@H](O)[C@@H](O)[C@@H]1O. The molecule has 21 heteroatoms. The Morgan fingerprint density at radius 2 is 0.778 bits per heavy atom. The molecule has 264 valence electrons. The van der Waals surface area contributed by atoms with E-state index in [1.165, 1.54) is 0 Å². The zero-order chi connectivity index (χ0) is 33.3. The van der Waals surface area contributed by atoms with Crippen LogP contribution < -0.4 is 0 Å². The van der Waals surface area contributed by atoms with Crippen LogP contribution in [0.3, 0.4) is 0 Å². The third-order valence-corrected chi connectivity index (χ3v) is 8.18. The number of rotatable bonds is 10. The molecule has 21 nitrogen and oxygen atoms in total. The van der Waals surface area contributed by atoms with Crippen molar-refractivity contribution in [3.63, 3.8) is 0 Å². The number of ether oxygens (including phenoxy) is 7. The third-order valence-electron chi connectivity index (χ3n) is 8.18. The fourth-order valence-corrected chi connectivity index (χ4v) is 5.44. The highest BCUT2D eigenvalue weighted by molar-refractivity contribution is 4.96. The maximum atomic E-state index is 10.9. The van der Waals surface area contributed by atoms with E-state index in [2.05, 4.69) is 0 Å². The minimum absolute atomic E-state index is 0.683. The largest absolute Gasteiger partial charge is 0.394 e. The average Bonchev–Trinajstić information content (AvgIpc) is 3.03. The zero-order valence-electron chi connectivity index (χ0n) is 23.5. The van der Waals surface area contributed by atoms with Crippen molar-refractivity contribution in [2.75, 3.05) is 26.4 Å². The van der Waals surface area contributed by atoms with Gasteiger partial charge in [-0.2, -0.15) is 0 Å². The molecule has 4 aliphatic rings. The summed E-state index contributed by atoms with van der Waals surface area (Å²) in [5, 5.41) is 142. The van der Waals surface area contributed by atoms with Crippen molar-refractivity contribution in [1.82, 2.24) is 0 Å². The lowest BCUT2D eigenvalue weighted by molar-refractivity contribution is -0.380. The minimum Gasteiger partial charge on any atom is -0.394 e. The van der Waals surface area contributed by atoms with Gasteiger partial charge in [0.15, 0.2) is 25.2 Å². The predicted octanol–water partition coefficient (Wildman–Crippen LogP) is -9.75. The van der Waals surface area contributed by atoms with Crippen molar-refractivity contribution in [3.8, 4) is 0 Å². The molecule has 4 fully saturated rings. The Balaban J connectivity index is 1.41. The molecular weight excluding hydrogens is 624 g/mol. The summed E-state index contributed by atoms with van der Waals surface area (Å²) >= 11 is 0. The molecule has 0 aliphatic carbocycles. The summed E-state index contributed by atoms with van der Waals surface area (Å²) in [7, 11) is 0. The van der Waals surface area contributed by atoms with Gasteiger partial charge in [-0.15, -0.1) is 0 Å². The van der Waals surface area contributed by atoms with Gasteiger partial charge in [-0.25, -0.2) is 0 Å². The van der Waals surface area contributed by atoms with Gasteiger partial charge in [0.1, 0.15) is 97.7 Å². The highest BCUT2D eigenvalue weighted by Gasteiger charge is 2.53. The molecule has 0 aromatic carbocycles. The van der Waals surface area contributed by atoms with Gasteiger partial charge in [0.2, 0.25) is 0 Å².